The van der Waals surface area contributed by atoms with E-state index < -0.39 is 33.4 Å². The number of carbonyl (C=O) groups excluding carboxylic acids is 1. The predicted octanol–water partition coefficient (Wildman–Crippen LogP) is 5.59. The summed E-state index contributed by atoms with van der Waals surface area (Å²) in [6, 6.07) is 15.0. The number of nitriles is 1. The Morgan fingerprint density at radius 1 is 1.07 bits per heavy atom. The number of amides is 1. The number of sulfone groups is 1. The molecule has 1 N–H and O–H groups in total. The van der Waals surface area contributed by atoms with Crippen molar-refractivity contribution < 1.29 is 35.5 Å². The second-order valence-electron chi connectivity index (χ2n) is 11.7. The molecule has 6 rings (SSSR count). The quantitative estimate of drug-likeness (QED) is 0.359. The van der Waals surface area contributed by atoms with Crippen molar-refractivity contribution in [3.8, 4) is 34.5 Å². The number of hydrogen-bond acceptors (Lipinski definition) is 8. The molecule has 232 valence electrons. The van der Waals surface area contributed by atoms with Gasteiger partial charge >= 0.3 is 6.36 Å². The van der Waals surface area contributed by atoms with Crippen LogP contribution in [0.15, 0.2) is 52.9 Å². The third-order valence-electron chi connectivity index (χ3n) is 8.58. The van der Waals surface area contributed by atoms with Gasteiger partial charge in [-0.3, -0.25) is 4.79 Å². The molecule has 3 aliphatic rings. The van der Waals surface area contributed by atoms with E-state index in [1.54, 1.807) is 6.07 Å². The summed E-state index contributed by atoms with van der Waals surface area (Å²) in [7, 11) is -3.04. The molecule has 13 heteroatoms. The van der Waals surface area contributed by atoms with Crippen molar-refractivity contribution in [1.82, 2.24) is 10.3 Å². The Bertz CT molecular complexity index is 1680. The Morgan fingerprint density at radius 3 is 2.43 bits per heavy atom. The Kier molecular flexibility index (Phi) is 7.82. The van der Waals surface area contributed by atoms with Crippen molar-refractivity contribution in [2.24, 2.45) is 5.92 Å². The van der Waals surface area contributed by atoms with E-state index in [2.05, 4.69) is 16.1 Å². The molecule has 2 saturated carbocycles. The van der Waals surface area contributed by atoms with Crippen molar-refractivity contribution in [2.75, 3.05) is 29.5 Å². The minimum atomic E-state index is -4.86. The number of ether oxygens (including phenoxy) is 1. The average molecular weight is 629 g/mol. The van der Waals surface area contributed by atoms with E-state index in [1.807, 2.05) is 29.2 Å². The van der Waals surface area contributed by atoms with Gasteiger partial charge in [0.15, 0.2) is 9.84 Å². The molecule has 3 fully saturated rings. The first-order valence-electron chi connectivity index (χ1n) is 14.6. The fraction of sp³-hybridized carbons (Fsp3) is 0.452. The van der Waals surface area contributed by atoms with Gasteiger partial charge in [-0.15, -0.1) is 13.2 Å². The smallest absolute Gasteiger partial charge is 0.440 e. The first kappa shape index (κ1) is 30.0. The monoisotopic (exact) mass is 628 g/mol. The molecule has 2 aromatic carbocycles. The molecule has 9 nitrogen and oxygen atoms in total. The molecule has 44 heavy (non-hydrogen) atoms. The van der Waals surface area contributed by atoms with Gasteiger partial charge in [0.25, 0.3) is 0 Å². The highest BCUT2D eigenvalue weighted by atomic mass is 32.2. The number of anilines is 1. The maximum absolute atomic E-state index is 13.5. The summed E-state index contributed by atoms with van der Waals surface area (Å²) in [6.07, 6.45) is -0.737. The Morgan fingerprint density at radius 2 is 1.77 bits per heavy atom. The lowest BCUT2D eigenvalue weighted by molar-refractivity contribution is -0.274. The van der Waals surface area contributed by atoms with E-state index in [9.17, 15) is 31.6 Å². The highest BCUT2D eigenvalue weighted by Crippen LogP contribution is 2.45. The van der Waals surface area contributed by atoms with Gasteiger partial charge in [0, 0.05) is 41.7 Å². The molecule has 1 saturated heterocycles. The molecule has 1 amide bonds. The zero-order valence-electron chi connectivity index (χ0n) is 23.8. The van der Waals surface area contributed by atoms with Gasteiger partial charge in [-0.1, -0.05) is 31.0 Å². The van der Waals surface area contributed by atoms with Gasteiger partial charge in [0.2, 0.25) is 11.8 Å². The van der Waals surface area contributed by atoms with E-state index >= 15 is 0 Å². The van der Waals surface area contributed by atoms with Crippen LogP contribution in [0.1, 0.15) is 50.2 Å². The van der Waals surface area contributed by atoms with Gasteiger partial charge in [-0.2, -0.15) is 5.26 Å². The first-order chi connectivity index (χ1) is 20.9. The maximum Gasteiger partial charge on any atom is 0.573 e. The standard InChI is InChI=1S/C31H31F3N4O5S/c32-31(33,34)43-23-5-3-4-21(18-23)29-36-26(20-8-10-22(11-9-20)38-14-16-44(40,41)17-15-38)27(42-29)24-6-1-2-7-25(24)28(39)37-30(19-35)12-13-30/h3-5,8-11,18,24-25H,1-2,6-7,12-17H2,(H,37,39)/t24-,25-/m1/s1. The average Bonchev–Trinajstić information content (AvgIpc) is 3.62. The first-order valence-corrected chi connectivity index (χ1v) is 16.4. The highest BCUT2D eigenvalue weighted by molar-refractivity contribution is 7.91. The summed E-state index contributed by atoms with van der Waals surface area (Å²) in [6.45, 7) is 0.779. The number of aromatic nitrogens is 1. The molecule has 3 aromatic rings. The van der Waals surface area contributed by atoms with Gasteiger partial charge in [0.05, 0.1) is 17.6 Å². The number of halogens is 3. The molecule has 0 radical (unpaired) electrons. The van der Waals surface area contributed by atoms with Crippen LogP contribution < -0.4 is 15.0 Å². The van der Waals surface area contributed by atoms with E-state index in [4.69, 9.17) is 9.40 Å². The molecule has 0 bridgehead atoms. The number of alkyl halides is 3. The number of oxazole rings is 1. The molecule has 0 unspecified atom stereocenters. The van der Waals surface area contributed by atoms with Crippen LogP contribution in [0.4, 0.5) is 18.9 Å². The van der Waals surface area contributed by atoms with E-state index in [-0.39, 0.29) is 34.8 Å². The summed E-state index contributed by atoms with van der Waals surface area (Å²) in [5.41, 5.74) is 1.47. The Hall–Kier alpha value is -4.05. The van der Waals surface area contributed by atoms with E-state index in [1.165, 1.54) is 18.2 Å². The molecule has 2 atom stereocenters. The zero-order valence-corrected chi connectivity index (χ0v) is 24.6. The van der Waals surface area contributed by atoms with Gasteiger partial charge in [-0.05, 0) is 56.0 Å². The van der Waals surface area contributed by atoms with Gasteiger partial charge in [-0.25, -0.2) is 13.4 Å². The lowest BCUT2D eigenvalue weighted by atomic mass is 9.76. The molecule has 2 aliphatic carbocycles. The van der Waals surface area contributed by atoms with Crippen LogP contribution in [0.3, 0.4) is 0 Å². The van der Waals surface area contributed by atoms with Crippen molar-refractivity contribution in [3.63, 3.8) is 0 Å². The highest BCUT2D eigenvalue weighted by Gasteiger charge is 2.47. The van der Waals surface area contributed by atoms with Crippen LogP contribution in [-0.4, -0.2) is 55.8 Å². The van der Waals surface area contributed by atoms with Crippen molar-refractivity contribution in [3.05, 3.63) is 54.3 Å². The van der Waals surface area contributed by atoms with E-state index in [0.717, 1.165) is 18.5 Å². The SMILES string of the molecule is N#CC1(NC(=O)[C@@H]2CCCC[C@H]2c2oc(-c3cccc(OC(F)(F)F)c3)nc2-c2ccc(N3CCS(=O)(=O)CC3)cc2)CC1. The van der Waals surface area contributed by atoms with Crippen LogP contribution in [0.2, 0.25) is 0 Å². The third kappa shape index (κ3) is 6.55. The normalized spacial score (nSPS) is 22.5. The lowest BCUT2D eigenvalue weighted by Crippen LogP contribution is -2.42. The number of nitrogens with one attached hydrogen (secondary N) is 1. The van der Waals surface area contributed by atoms with Crippen molar-refractivity contribution >= 4 is 21.4 Å². The Balaban J connectivity index is 1.36. The Labute approximate surface area is 252 Å². The topological polar surface area (TPSA) is 126 Å². The molecule has 2 heterocycles. The number of carbonyl (C=O) groups is 1. The molecular weight excluding hydrogens is 597 g/mol. The van der Waals surface area contributed by atoms with Crippen molar-refractivity contribution in [1.29, 1.82) is 5.26 Å². The predicted molar refractivity (Wildman–Crippen MR) is 155 cm³/mol. The molecule has 0 spiro atoms. The summed E-state index contributed by atoms with van der Waals surface area (Å²) in [4.78, 5) is 20.2. The summed E-state index contributed by atoms with van der Waals surface area (Å²) in [5.74, 6) is -0.741. The van der Waals surface area contributed by atoms with Crippen LogP contribution in [0.5, 0.6) is 5.75 Å². The minimum absolute atomic E-state index is 0.0842. The fourth-order valence-electron chi connectivity index (χ4n) is 6.02. The van der Waals surface area contributed by atoms with Gasteiger partial charge in [0.1, 0.15) is 22.7 Å². The number of benzene rings is 2. The second kappa shape index (κ2) is 11.5. The van der Waals surface area contributed by atoms with Crippen LogP contribution in [0, 0.1) is 17.2 Å². The zero-order chi connectivity index (χ0) is 31.1. The molecule has 1 aliphatic heterocycles. The summed E-state index contributed by atoms with van der Waals surface area (Å²) in [5, 5.41) is 12.5. The molecular formula is C31H31F3N4O5S. The van der Waals surface area contributed by atoms with E-state index in [0.29, 0.717) is 55.8 Å². The number of rotatable bonds is 7. The number of hydrogen-bond donors (Lipinski definition) is 1. The van der Waals surface area contributed by atoms with Crippen LogP contribution in [0.25, 0.3) is 22.7 Å². The lowest BCUT2D eigenvalue weighted by Gasteiger charge is -2.30. The fourth-order valence-corrected chi connectivity index (χ4v) is 7.22. The van der Waals surface area contributed by atoms with Crippen LogP contribution >= 0.6 is 0 Å². The third-order valence-corrected chi connectivity index (χ3v) is 10.2. The maximum atomic E-state index is 13.5. The minimum Gasteiger partial charge on any atom is -0.440 e. The summed E-state index contributed by atoms with van der Waals surface area (Å²) < 4.78 is 73.0. The summed E-state index contributed by atoms with van der Waals surface area (Å²) >= 11 is 0. The second-order valence-corrected chi connectivity index (χ2v) is 14.0. The van der Waals surface area contributed by atoms with Gasteiger partial charge < -0.3 is 19.4 Å². The number of nitrogens with zero attached hydrogens (tertiary/aromatic N) is 3. The van der Waals surface area contributed by atoms with Crippen LogP contribution in [-0.2, 0) is 14.6 Å². The molecule has 1 aromatic heterocycles. The largest absolute Gasteiger partial charge is 0.573 e. The van der Waals surface area contributed by atoms with Crippen molar-refractivity contribution in [2.45, 2.75) is 56.3 Å².